The first kappa shape index (κ1) is 19.8. The maximum absolute atomic E-state index is 12.1. The monoisotopic (exact) mass is 335 g/mol. The second kappa shape index (κ2) is 7.73. The molecule has 0 aromatic heterocycles. The number of anilines is 1. The number of phenols is 1. The van der Waals surface area contributed by atoms with Crippen LogP contribution in [0.1, 0.15) is 13.8 Å². The molecule has 1 aliphatic heterocycles. The molecule has 0 spiro atoms. The van der Waals surface area contributed by atoms with E-state index in [1.54, 1.807) is 26.0 Å². The minimum atomic E-state index is -0.805. The maximum Gasteiger partial charge on any atom is 0.242 e. The van der Waals surface area contributed by atoms with Crippen LogP contribution >= 0.6 is 24.8 Å². The van der Waals surface area contributed by atoms with Gasteiger partial charge in [0.05, 0.1) is 5.54 Å². The Morgan fingerprint density at radius 3 is 2.00 bits per heavy atom. The Morgan fingerprint density at radius 2 is 1.57 bits per heavy atom. The van der Waals surface area contributed by atoms with E-state index in [0.29, 0.717) is 13.1 Å². The summed E-state index contributed by atoms with van der Waals surface area (Å²) < 4.78 is 0. The highest BCUT2D eigenvalue weighted by atomic mass is 35.5. The first-order chi connectivity index (χ1) is 8.88. The Morgan fingerprint density at radius 1 is 1.10 bits per heavy atom. The van der Waals surface area contributed by atoms with Crippen molar-refractivity contribution < 1.29 is 9.90 Å². The molecule has 0 bridgehead atoms. The van der Waals surface area contributed by atoms with Crippen LogP contribution in [0.15, 0.2) is 24.3 Å². The van der Waals surface area contributed by atoms with Gasteiger partial charge in [0.15, 0.2) is 0 Å². The van der Waals surface area contributed by atoms with Crippen molar-refractivity contribution in [2.75, 3.05) is 31.1 Å². The number of phenolic OH excluding ortho intramolecular Hbond substituents is 1. The number of piperazine rings is 1. The van der Waals surface area contributed by atoms with E-state index in [1.807, 2.05) is 17.0 Å². The zero-order valence-electron chi connectivity index (χ0n) is 12.3. The van der Waals surface area contributed by atoms with E-state index in [9.17, 15) is 9.90 Å². The lowest BCUT2D eigenvalue weighted by atomic mass is 10.0. The summed E-state index contributed by atoms with van der Waals surface area (Å²) in [4.78, 5) is 16.1. The van der Waals surface area contributed by atoms with Gasteiger partial charge in [0.1, 0.15) is 5.75 Å². The van der Waals surface area contributed by atoms with Crippen LogP contribution in [0.2, 0.25) is 0 Å². The largest absolute Gasteiger partial charge is 0.508 e. The van der Waals surface area contributed by atoms with Gasteiger partial charge in [-0.15, -0.1) is 24.8 Å². The third kappa shape index (κ3) is 4.95. The summed E-state index contributed by atoms with van der Waals surface area (Å²) in [5.41, 5.74) is 6.10. The normalized spacial score (nSPS) is 15.0. The average Bonchev–Trinajstić information content (AvgIpc) is 2.38. The molecular weight excluding hydrogens is 313 g/mol. The van der Waals surface area contributed by atoms with Crippen molar-refractivity contribution in [3.8, 4) is 5.75 Å². The van der Waals surface area contributed by atoms with E-state index in [1.165, 1.54) is 0 Å². The summed E-state index contributed by atoms with van der Waals surface area (Å²) in [6.45, 7) is 6.41. The summed E-state index contributed by atoms with van der Waals surface area (Å²) in [5, 5.41) is 9.27. The van der Waals surface area contributed by atoms with E-state index in [2.05, 4.69) is 4.90 Å². The molecule has 1 aromatic rings. The number of hydrogen-bond donors (Lipinski definition) is 2. The predicted octanol–water partition coefficient (Wildman–Crippen LogP) is 1.62. The highest BCUT2D eigenvalue weighted by Gasteiger charge is 2.30. The summed E-state index contributed by atoms with van der Waals surface area (Å²) in [6.07, 6.45) is 0. The second-order valence-corrected chi connectivity index (χ2v) is 5.52. The van der Waals surface area contributed by atoms with Crippen LogP contribution in [-0.4, -0.2) is 47.6 Å². The van der Waals surface area contributed by atoms with Crippen LogP contribution in [0.25, 0.3) is 0 Å². The Balaban J connectivity index is 0.00000200. The van der Waals surface area contributed by atoms with Crippen LogP contribution in [0, 0.1) is 0 Å². The number of benzene rings is 1. The van der Waals surface area contributed by atoms with E-state index in [4.69, 9.17) is 5.73 Å². The number of hydrogen-bond acceptors (Lipinski definition) is 4. The number of aromatic hydroxyl groups is 1. The van der Waals surface area contributed by atoms with Crippen LogP contribution in [-0.2, 0) is 4.79 Å². The molecule has 0 radical (unpaired) electrons. The van der Waals surface area contributed by atoms with Gasteiger partial charge in [-0.2, -0.15) is 0 Å². The third-order valence-electron chi connectivity index (χ3n) is 3.33. The molecule has 1 fully saturated rings. The number of amides is 1. The van der Waals surface area contributed by atoms with Gasteiger partial charge in [0.2, 0.25) is 5.91 Å². The number of carbonyl (C=O) groups excluding carboxylic acids is 1. The predicted molar refractivity (Wildman–Crippen MR) is 89.7 cm³/mol. The molecule has 1 amide bonds. The molecule has 3 N–H and O–H groups in total. The minimum Gasteiger partial charge on any atom is -0.508 e. The highest BCUT2D eigenvalue weighted by Crippen LogP contribution is 2.20. The van der Waals surface area contributed by atoms with Crippen molar-refractivity contribution in [1.82, 2.24) is 4.90 Å². The van der Waals surface area contributed by atoms with Gasteiger partial charge in [0, 0.05) is 31.9 Å². The standard InChI is InChI=1S/C14H21N3O2.2ClH/c1-14(2,15)13(19)17-9-7-16(8-10-17)11-3-5-12(18)6-4-11;;/h3-6,18H,7-10,15H2,1-2H3;2*1H. The zero-order chi connectivity index (χ0) is 14.0. The molecule has 0 unspecified atom stereocenters. The lowest BCUT2D eigenvalue weighted by molar-refractivity contribution is -0.136. The molecule has 1 aromatic carbocycles. The molecule has 1 heterocycles. The fourth-order valence-corrected chi connectivity index (χ4v) is 2.24. The number of nitrogens with two attached hydrogens (primary N) is 1. The zero-order valence-corrected chi connectivity index (χ0v) is 13.9. The molecule has 120 valence electrons. The average molecular weight is 336 g/mol. The fraction of sp³-hybridized carbons (Fsp3) is 0.500. The Hall–Kier alpha value is -1.17. The summed E-state index contributed by atoms with van der Waals surface area (Å²) in [7, 11) is 0. The molecular formula is C14H23Cl2N3O2. The number of carbonyl (C=O) groups is 1. The maximum atomic E-state index is 12.1. The molecule has 7 heteroatoms. The smallest absolute Gasteiger partial charge is 0.242 e. The number of halogens is 2. The highest BCUT2D eigenvalue weighted by molar-refractivity contribution is 5.86. The van der Waals surface area contributed by atoms with Gasteiger partial charge >= 0.3 is 0 Å². The Kier molecular flexibility index (Phi) is 7.30. The minimum absolute atomic E-state index is 0. The lowest BCUT2D eigenvalue weighted by Crippen LogP contribution is -2.57. The first-order valence-electron chi connectivity index (χ1n) is 6.50. The topological polar surface area (TPSA) is 69.8 Å². The molecule has 5 nitrogen and oxygen atoms in total. The van der Waals surface area contributed by atoms with Gasteiger partial charge in [0.25, 0.3) is 0 Å². The van der Waals surface area contributed by atoms with Crippen LogP contribution in [0.5, 0.6) is 5.75 Å². The molecule has 0 atom stereocenters. The van der Waals surface area contributed by atoms with Crippen molar-refractivity contribution in [1.29, 1.82) is 0 Å². The van der Waals surface area contributed by atoms with Crippen LogP contribution < -0.4 is 10.6 Å². The van der Waals surface area contributed by atoms with Crippen molar-refractivity contribution in [2.45, 2.75) is 19.4 Å². The Bertz CT molecular complexity index is 452. The Labute approximate surface area is 137 Å². The molecule has 1 aliphatic rings. The van der Waals surface area contributed by atoms with E-state index in [-0.39, 0.29) is 36.5 Å². The SMILES string of the molecule is CC(C)(N)C(=O)N1CCN(c2ccc(O)cc2)CC1.Cl.Cl. The summed E-state index contributed by atoms with van der Waals surface area (Å²) in [5.74, 6) is 0.264. The molecule has 21 heavy (non-hydrogen) atoms. The molecule has 0 aliphatic carbocycles. The van der Waals surface area contributed by atoms with E-state index >= 15 is 0 Å². The van der Waals surface area contributed by atoms with Gasteiger partial charge in [-0.25, -0.2) is 0 Å². The summed E-state index contributed by atoms with van der Waals surface area (Å²) in [6, 6.07) is 7.13. The number of rotatable bonds is 2. The lowest BCUT2D eigenvalue weighted by Gasteiger charge is -2.38. The van der Waals surface area contributed by atoms with E-state index in [0.717, 1.165) is 18.8 Å². The van der Waals surface area contributed by atoms with Gasteiger partial charge in [-0.05, 0) is 38.1 Å². The van der Waals surface area contributed by atoms with Crippen molar-refractivity contribution in [3.05, 3.63) is 24.3 Å². The molecule has 2 rings (SSSR count). The van der Waals surface area contributed by atoms with Crippen molar-refractivity contribution in [2.24, 2.45) is 5.73 Å². The van der Waals surface area contributed by atoms with Crippen LogP contribution in [0.3, 0.4) is 0 Å². The fourth-order valence-electron chi connectivity index (χ4n) is 2.24. The van der Waals surface area contributed by atoms with Gasteiger partial charge in [-0.3, -0.25) is 4.79 Å². The van der Waals surface area contributed by atoms with Gasteiger partial charge < -0.3 is 20.6 Å². The van der Waals surface area contributed by atoms with Crippen molar-refractivity contribution in [3.63, 3.8) is 0 Å². The van der Waals surface area contributed by atoms with Crippen LogP contribution in [0.4, 0.5) is 5.69 Å². The number of nitrogens with zero attached hydrogens (tertiary/aromatic N) is 2. The quantitative estimate of drug-likeness (QED) is 0.861. The first-order valence-corrected chi connectivity index (χ1v) is 6.50. The van der Waals surface area contributed by atoms with E-state index < -0.39 is 5.54 Å². The van der Waals surface area contributed by atoms with Gasteiger partial charge in [-0.1, -0.05) is 0 Å². The summed E-state index contributed by atoms with van der Waals surface area (Å²) >= 11 is 0. The second-order valence-electron chi connectivity index (χ2n) is 5.52. The molecule has 0 saturated carbocycles. The van der Waals surface area contributed by atoms with Crippen molar-refractivity contribution >= 4 is 36.4 Å². The molecule has 1 saturated heterocycles. The third-order valence-corrected chi connectivity index (χ3v) is 3.33.